The largest absolute Gasteiger partial charge is 0.217 e. The Morgan fingerprint density at radius 3 is 2.65 bits per heavy atom. The average Bonchev–Trinajstić information content (AvgIpc) is 2.68. The molecule has 0 aliphatic heterocycles. The van der Waals surface area contributed by atoms with Crippen LogP contribution in [0.3, 0.4) is 0 Å². The van der Waals surface area contributed by atoms with Gasteiger partial charge in [-0.3, -0.25) is 0 Å². The maximum atomic E-state index is 14.0. The minimum Gasteiger partial charge on any atom is -0.217 e. The zero-order chi connectivity index (χ0) is 14.4. The van der Waals surface area contributed by atoms with E-state index in [9.17, 15) is 4.39 Å². The van der Waals surface area contributed by atoms with E-state index in [4.69, 9.17) is 11.6 Å². The second kappa shape index (κ2) is 4.79. The van der Waals surface area contributed by atoms with Crippen LogP contribution in [0.5, 0.6) is 0 Å². The lowest BCUT2D eigenvalue weighted by Gasteiger charge is -2.05. The molecule has 0 bridgehead atoms. The molecule has 0 saturated heterocycles. The lowest BCUT2D eigenvalue weighted by molar-refractivity contribution is 0.629. The van der Waals surface area contributed by atoms with E-state index < -0.39 is 0 Å². The summed E-state index contributed by atoms with van der Waals surface area (Å²) in [5, 5.41) is 1.25. The van der Waals surface area contributed by atoms with Crippen LogP contribution in [-0.4, -0.2) is 9.97 Å². The molecule has 0 radical (unpaired) electrons. The van der Waals surface area contributed by atoms with E-state index in [1.807, 2.05) is 20.8 Å². The van der Waals surface area contributed by atoms with Crippen LogP contribution in [0.2, 0.25) is 5.15 Å². The quantitative estimate of drug-likeness (QED) is 0.586. The van der Waals surface area contributed by atoms with Crippen LogP contribution in [0.25, 0.3) is 21.6 Å². The summed E-state index contributed by atoms with van der Waals surface area (Å²) in [5.74, 6) is 0.000895. The molecule has 102 valence electrons. The number of fused-ring (bicyclic) bond motifs is 1. The van der Waals surface area contributed by atoms with Gasteiger partial charge >= 0.3 is 0 Å². The van der Waals surface area contributed by atoms with Crippen LogP contribution >= 0.6 is 22.9 Å². The summed E-state index contributed by atoms with van der Waals surface area (Å²) in [5.41, 5.74) is 2.43. The Bertz CT molecular complexity index is 826. The molecule has 5 heteroatoms. The van der Waals surface area contributed by atoms with Crippen LogP contribution in [0, 0.1) is 26.6 Å². The predicted octanol–water partition coefficient (Wildman–Crippen LogP) is 5.08. The zero-order valence-corrected chi connectivity index (χ0v) is 12.9. The number of aryl methyl sites for hydroxylation is 3. The fraction of sp³-hybridized carbons (Fsp3) is 0.200. The number of hydrogen-bond donors (Lipinski definition) is 0. The van der Waals surface area contributed by atoms with Gasteiger partial charge in [-0.25, -0.2) is 14.4 Å². The number of hydrogen-bond acceptors (Lipinski definition) is 3. The molecule has 0 N–H and O–H groups in total. The minimum absolute atomic E-state index is 0.337. The van der Waals surface area contributed by atoms with Crippen LogP contribution < -0.4 is 0 Å². The Kier molecular flexibility index (Phi) is 3.22. The van der Waals surface area contributed by atoms with Crippen LogP contribution in [0.4, 0.5) is 4.39 Å². The van der Waals surface area contributed by atoms with Gasteiger partial charge in [0.2, 0.25) is 0 Å². The first-order valence-electron chi connectivity index (χ1n) is 6.17. The van der Waals surface area contributed by atoms with Gasteiger partial charge < -0.3 is 0 Å². The Morgan fingerprint density at radius 1 is 1.15 bits per heavy atom. The first-order chi connectivity index (χ1) is 9.47. The molecule has 0 aliphatic carbocycles. The van der Waals surface area contributed by atoms with E-state index in [2.05, 4.69) is 9.97 Å². The summed E-state index contributed by atoms with van der Waals surface area (Å²) in [6.45, 7) is 5.92. The highest BCUT2D eigenvalue weighted by Gasteiger charge is 2.16. The van der Waals surface area contributed by atoms with Crippen molar-refractivity contribution in [1.29, 1.82) is 0 Å². The third-order valence-electron chi connectivity index (χ3n) is 3.35. The van der Waals surface area contributed by atoms with Crippen molar-refractivity contribution >= 4 is 33.2 Å². The number of halogens is 2. The van der Waals surface area contributed by atoms with Crippen molar-refractivity contribution in [3.8, 4) is 11.4 Å². The Hall–Kier alpha value is -1.52. The maximum Gasteiger partial charge on any atom is 0.165 e. The molecule has 0 fully saturated rings. The molecule has 0 unspecified atom stereocenters. The summed E-state index contributed by atoms with van der Waals surface area (Å²) < 4.78 is 14.0. The van der Waals surface area contributed by atoms with Crippen molar-refractivity contribution in [3.05, 3.63) is 45.2 Å². The van der Waals surface area contributed by atoms with E-state index in [1.54, 1.807) is 23.5 Å². The van der Waals surface area contributed by atoms with Gasteiger partial charge in [-0.1, -0.05) is 23.2 Å². The Morgan fingerprint density at radius 2 is 1.90 bits per heavy atom. The van der Waals surface area contributed by atoms with Crippen LogP contribution in [0.1, 0.15) is 16.0 Å². The van der Waals surface area contributed by atoms with Crippen molar-refractivity contribution < 1.29 is 4.39 Å². The molecular formula is C15H12ClFN2S. The van der Waals surface area contributed by atoms with Crippen molar-refractivity contribution in [1.82, 2.24) is 9.97 Å². The normalized spacial score (nSPS) is 11.2. The molecule has 1 aromatic carbocycles. The van der Waals surface area contributed by atoms with Gasteiger partial charge in [0.05, 0.1) is 10.9 Å². The topological polar surface area (TPSA) is 25.8 Å². The van der Waals surface area contributed by atoms with E-state index in [0.29, 0.717) is 16.5 Å². The maximum absolute atomic E-state index is 14.0. The highest BCUT2D eigenvalue weighted by molar-refractivity contribution is 7.18. The van der Waals surface area contributed by atoms with E-state index in [-0.39, 0.29) is 5.82 Å². The molecule has 2 heterocycles. The van der Waals surface area contributed by atoms with Gasteiger partial charge in [-0.05, 0) is 38.5 Å². The van der Waals surface area contributed by atoms with Crippen molar-refractivity contribution in [2.24, 2.45) is 0 Å². The number of thiophene rings is 1. The van der Waals surface area contributed by atoms with Gasteiger partial charge in [0, 0.05) is 4.88 Å². The summed E-state index contributed by atoms with van der Waals surface area (Å²) in [7, 11) is 0. The molecule has 0 amide bonds. The Balaban J connectivity index is 2.30. The first-order valence-corrected chi connectivity index (χ1v) is 7.36. The molecule has 0 aliphatic rings. The lowest BCUT2D eigenvalue weighted by Crippen LogP contribution is -1.94. The van der Waals surface area contributed by atoms with Crippen molar-refractivity contribution in [2.75, 3.05) is 0 Å². The fourth-order valence-corrected chi connectivity index (χ4v) is 3.53. The summed E-state index contributed by atoms with van der Waals surface area (Å²) >= 11 is 7.81. The standard InChI is InChI=1S/C15H12ClFN2S/c1-7-4-5-11(17)10(6-7)14-18-13(16)12-8(2)9(3)20-15(12)19-14/h4-6H,1-3H3. The van der Waals surface area contributed by atoms with Crippen LogP contribution in [-0.2, 0) is 0 Å². The Labute approximate surface area is 125 Å². The van der Waals surface area contributed by atoms with Gasteiger partial charge in [-0.2, -0.15) is 0 Å². The van der Waals surface area contributed by atoms with Gasteiger partial charge in [-0.15, -0.1) is 11.3 Å². The van der Waals surface area contributed by atoms with E-state index in [1.165, 1.54) is 6.07 Å². The number of nitrogens with zero attached hydrogens (tertiary/aromatic N) is 2. The number of aromatic nitrogens is 2. The highest BCUT2D eigenvalue weighted by Crippen LogP contribution is 2.35. The van der Waals surface area contributed by atoms with Gasteiger partial charge in [0.15, 0.2) is 5.82 Å². The minimum atomic E-state index is -0.337. The van der Waals surface area contributed by atoms with Gasteiger partial charge in [0.25, 0.3) is 0 Å². The smallest absolute Gasteiger partial charge is 0.165 e. The lowest BCUT2D eigenvalue weighted by atomic mass is 10.1. The molecule has 0 spiro atoms. The molecule has 2 nitrogen and oxygen atoms in total. The SMILES string of the molecule is Cc1ccc(F)c(-c2nc(Cl)c3c(C)c(C)sc3n2)c1. The summed E-state index contributed by atoms with van der Waals surface area (Å²) in [6.07, 6.45) is 0. The highest BCUT2D eigenvalue weighted by atomic mass is 35.5. The summed E-state index contributed by atoms with van der Waals surface area (Å²) in [6, 6.07) is 4.88. The second-order valence-electron chi connectivity index (χ2n) is 4.78. The van der Waals surface area contributed by atoms with E-state index >= 15 is 0 Å². The zero-order valence-electron chi connectivity index (χ0n) is 11.3. The third-order valence-corrected chi connectivity index (χ3v) is 4.72. The average molecular weight is 307 g/mol. The third kappa shape index (κ3) is 2.09. The number of rotatable bonds is 1. The van der Waals surface area contributed by atoms with Crippen molar-refractivity contribution in [2.45, 2.75) is 20.8 Å². The molecule has 2 aromatic heterocycles. The molecule has 0 atom stereocenters. The molecule has 0 saturated carbocycles. The molecule has 3 rings (SSSR count). The van der Waals surface area contributed by atoms with Crippen LogP contribution in [0.15, 0.2) is 18.2 Å². The second-order valence-corrected chi connectivity index (χ2v) is 6.35. The molecule has 20 heavy (non-hydrogen) atoms. The van der Waals surface area contributed by atoms with Gasteiger partial charge in [0.1, 0.15) is 15.8 Å². The van der Waals surface area contributed by atoms with Crippen molar-refractivity contribution in [3.63, 3.8) is 0 Å². The molecular weight excluding hydrogens is 295 g/mol. The summed E-state index contributed by atoms with van der Waals surface area (Å²) in [4.78, 5) is 10.7. The van der Waals surface area contributed by atoms with E-state index in [0.717, 1.165) is 26.2 Å². The first kappa shape index (κ1) is 13.5. The predicted molar refractivity (Wildman–Crippen MR) is 82.0 cm³/mol. The molecule has 3 aromatic rings. The monoisotopic (exact) mass is 306 g/mol. The number of benzene rings is 1. The fourth-order valence-electron chi connectivity index (χ4n) is 2.13.